The van der Waals surface area contributed by atoms with Gasteiger partial charge in [-0.2, -0.15) is 17.6 Å². The van der Waals surface area contributed by atoms with Crippen LogP contribution in [0.15, 0.2) is 16.7 Å². The van der Waals surface area contributed by atoms with Gasteiger partial charge in [0.15, 0.2) is 0 Å². The normalized spacial score (nSPS) is 23.2. The third kappa shape index (κ3) is 3.95. The van der Waals surface area contributed by atoms with Gasteiger partial charge in [0.1, 0.15) is 0 Å². The Hall–Kier alpha value is -3.05. The minimum Gasteiger partial charge on any atom is -0.415 e. The maximum absolute atomic E-state index is 14.2. The molecule has 12 heteroatoms. The van der Waals surface area contributed by atoms with Crippen molar-refractivity contribution in [2.45, 2.75) is 69.5 Å². The van der Waals surface area contributed by atoms with Gasteiger partial charge in [0, 0.05) is 18.2 Å². The van der Waals surface area contributed by atoms with E-state index in [1.54, 1.807) is 4.90 Å². The van der Waals surface area contributed by atoms with Crippen molar-refractivity contribution in [3.05, 3.63) is 29.4 Å². The van der Waals surface area contributed by atoms with Crippen LogP contribution in [0, 0.1) is 5.92 Å². The molecule has 1 unspecified atom stereocenters. The first-order valence-corrected chi connectivity index (χ1v) is 10.9. The van der Waals surface area contributed by atoms with E-state index in [2.05, 4.69) is 20.5 Å². The van der Waals surface area contributed by atoms with Crippen LogP contribution >= 0.6 is 0 Å². The molecule has 8 nitrogen and oxygen atoms in total. The molecular formula is C21H21F4N5O3. The predicted molar refractivity (Wildman–Crippen MR) is 104 cm³/mol. The molecule has 2 aliphatic carbocycles. The summed E-state index contributed by atoms with van der Waals surface area (Å²) in [7, 11) is 0. The molecule has 2 aromatic rings. The van der Waals surface area contributed by atoms with Crippen molar-refractivity contribution < 1.29 is 31.6 Å². The number of hydrogen-bond donors (Lipinski definition) is 1. The number of carbonyl (C=O) groups excluding carboxylic acids is 2. The van der Waals surface area contributed by atoms with Gasteiger partial charge >= 0.3 is 12.3 Å². The summed E-state index contributed by atoms with van der Waals surface area (Å²) in [6.45, 7) is 0.163. The highest BCUT2D eigenvalue weighted by molar-refractivity contribution is 5.99. The summed E-state index contributed by atoms with van der Waals surface area (Å²) in [5.74, 6) is -6.97. The van der Waals surface area contributed by atoms with E-state index in [4.69, 9.17) is 4.42 Å². The fourth-order valence-corrected chi connectivity index (χ4v) is 4.56. The highest BCUT2D eigenvalue weighted by Gasteiger charge is 2.53. The molecule has 1 N–H and O–H groups in total. The molecule has 2 aromatic heterocycles. The Labute approximate surface area is 185 Å². The predicted octanol–water partition coefficient (Wildman–Crippen LogP) is 3.50. The van der Waals surface area contributed by atoms with E-state index in [0.717, 1.165) is 12.8 Å². The molecular weight excluding hydrogens is 446 g/mol. The van der Waals surface area contributed by atoms with E-state index < -0.39 is 42.1 Å². The summed E-state index contributed by atoms with van der Waals surface area (Å²) in [6, 6.07) is 0.417. The van der Waals surface area contributed by atoms with E-state index in [0.29, 0.717) is 31.4 Å². The standard InChI is InChI=1S/C21H21F4N5O3/c22-16(23)18-29-28-17(33-18)10-7-12-14(26-8-10)9-30(19(12)31)15-4-2-1-3-13(15)27-20(32)21(24,25)11-5-6-11/h7-8,11,13,15-16H,1-6,9H2,(H,27,32)/t13-,15?/m1/s1. The van der Waals surface area contributed by atoms with Crippen LogP contribution in [-0.4, -0.2) is 49.9 Å². The Balaban J connectivity index is 1.34. The molecule has 2 saturated carbocycles. The van der Waals surface area contributed by atoms with E-state index in [-0.39, 0.29) is 29.5 Å². The zero-order valence-corrected chi connectivity index (χ0v) is 17.4. The number of carbonyl (C=O) groups is 2. The summed E-state index contributed by atoms with van der Waals surface area (Å²) in [6.07, 6.45) is 1.72. The SMILES string of the molecule is O=C1c2cc(-c3nnc(C(F)F)o3)cnc2CN1C1CCCC[C@H]1NC(=O)C(F)(F)C1CC1. The van der Waals surface area contributed by atoms with Gasteiger partial charge in [-0.25, -0.2) is 0 Å². The molecule has 33 heavy (non-hydrogen) atoms. The number of hydrogen-bond acceptors (Lipinski definition) is 6. The summed E-state index contributed by atoms with van der Waals surface area (Å²) in [4.78, 5) is 31.2. The first-order valence-electron chi connectivity index (χ1n) is 10.9. The molecule has 0 spiro atoms. The van der Waals surface area contributed by atoms with Crippen molar-refractivity contribution in [3.8, 4) is 11.5 Å². The second-order valence-corrected chi connectivity index (χ2v) is 8.73. The lowest BCUT2D eigenvalue weighted by molar-refractivity contribution is -0.150. The van der Waals surface area contributed by atoms with Crippen LogP contribution < -0.4 is 5.32 Å². The molecule has 1 aliphatic heterocycles. The van der Waals surface area contributed by atoms with Crippen molar-refractivity contribution in [3.63, 3.8) is 0 Å². The Morgan fingerprint density at radius 3 is 2.64 bits per heavy atom. The first kappa shape index (κ1) is 21.8. The van der Waals surface area contributed by atoms with Crippen LogP contribution in [-0.2, 0) is 11.3 Å². The van der Waals surface area contributed by atoms with Gasteiger partial charge in [-0.15, -0.1) is 10.2 Å². The van der Waals surface area contributed by atoms with Crippen LogP contribution in [0.25, 0.3) is 11.5 Å². The third-order valence-corrected chi connectivity index (χ3v) is 6.49. The maximum Gasteiger partial charge on any atom is 0.327 e. The molecule has 176 valence electrons. The first-order chi connectivity index (χ1) is 15.8. The number of amides is 2. The summed E-state index contributed by atoms with van der Waals surface area (Å²) in [5, 5.41) is 9.35. The van der Waals surface area contributed by atoms with Gasteiger partial charge in [-0.3, -0.25) is 14.6 Å². The van der Waals surface area contributed by atoms with Crippen LogP contribution in [0.4, 0.5) is 17.6 Å². The smallest absolute Gasteiger partial charge is 0.327 e. The Morgan fingerprint density at radius 2 is 1.94 bits per heavy atom. The number of aromatic nitrogens is 3. The second kappa shape index (κ2) is 8.07. The topological polar surface area (TPSA) is 101 Å². The van der Waals surface area contributed by atoms with Gasteiger partial charge in [-0.1, -0.05) is 12.8 Å². The maximum atomic E-state index is 14.2. The van der Waals surface area contributed by atoms with Crippen LogP contribution in [0.1, 0.15) is 66.9 Å². The van der Waals surface area contributed by atoms with Crippen LogP contribution in [0.5, 0.6) is 0 Å². The highest BCUT2D eigenvalue weighted by Crippen LogP contribution is 2.43. The molecule has 2 amide bonds. The number of rotatable bonds is 6. The number of alkyl halides is 4. The Kier molecular flexibility index (Phi) is 5.32. The molecule has 3 aliphatic rings. The Morgan fingerprint density at radius 1 is 1.18 bits per heavy atom. The van der Waals surface area contributed by atoms with Gasteiger partial charge in [0.05, 0.1) is 29.4 Å². The number of nitrogens with zero attached hydrogens (tertiary/aromatic N) is 4. The zero-order chi connectivity index (χ0) is 23.3. The average molecular weight is 467 g/mol. The minimum atomic E-state index is -3.41. The van der Waals surface area contributed by atoms with Crippen molar-refractivity contribution >= 4 is 11.8 Å². The fraction of sp³-hybridized carbons (Fsp3) is 0.571. The number of nitrogens with one attached hydrogen (secondary N) is 1. The van der Waals surface area contributed by atoms with Crippen molar-refractivity contribution in [1.82, 2.24) is 25.4 Å². The number of pyridine rings is 1. The van der Waals surface area contributed by atoms with Gasteiger partial charge in [0.2, 0.25) is 5.89 Å². The van der Waals surface area contributed by atoms with E-state index in [1.165, 1.54) is 12.3 Å². The number of halogens is 4. The van der Waals surface area contributed by atoms with E-state index in [9.17, 15) is 27.2 Å². The van der Waals surface area contributed by atoms with E-state index in [1.807, 2.05) is 0 Å². The summed E-state index contributed by atoms with van der Waals surface area (Å²) in [5.41, 5.74) is 0.945. The lowest BCUT2D eigenvalue weighted by atomic mass is 9.89. The summed E-state index contributed by atoms with van der Waals surface area (Å²) >= 11 is 0. The zero-order valence-electron chi connectivity index (χ0n) is 17.4. The Bertz CT molecular complexity index is 1090. The molecule has 0 aromatic carbocycles. The minimum absolute atomic E-state index is 0.163. The monoisotopic (exact) mass is 467 g/mol. The molecule has 0 bridgehead atoms. The van der Waals surface area contributed by atoms with Gasteiger partial charge in [-0.05, 0) is 31.7 Å². The molecule has 0 radical (unpaired) electrons. The molecule has 5 rings (SSSR count). The van der Waals surface area contributed by atoms with Crippen molar-refractivity contribution in [1.29, 1.82) is 0 Å². The molecule has 0 saturated heterocycles. The van der Waals surface area contributed by atoms with Crippen LogP contribution in [0.2, 0.25) is 0 Å². The van der Waals surface area contributed by atoms with Crippen molar-refractivity contribution in [2.24, 2.45) is 5.92 Å². The second-order valence-electron chi connectivity index (χ2n) is 8.73. The lowest BCUT2D eigenvalue weighted by Gasteiger charge is -2.38. The van der Waals surface area contributed by atoms with Crippen molar-refractivity contribution in [2.75, 3.05) is 0 Å². The highest BCUT2D eigenvalue weighted by atomic mass is 19.3. The molecule has 2 atom stereocenters. The van der Waals surface area contributed by atoms with Crippen LogP contribution in [0.3, 0.4) is 0 Å². The average Bonchev–Trinajstić information content (AvgIpc) is 3.46. The lowest BCUT2D eigenvalue weighted by Crippen LogP contribution is -2.56. The van der Waals surface area contributed by atoms with Gasteiger partial charge < -0.3 is 14.6 Å². The largest absolute Gasteiger partial charge is 0.415 e. The quantitative estimate of drug-likeness (QED) is 0.653. The molecule has 3 heterocycles. The fourth-order valence-electron chi connectivity index (χ4n) is 4.56. The molecule has 2 fully saturated rings. The number of fused-ring (bicyclic) bond motifs is 1. The van der Waals surface area contributed by atoms with Gasteiger partial charge in [0.25, 0.3) is 17.7 Å². The van der Waals surface area contributed by atoms with E-state index >= 15 is 0 Å². The third-order valence-electron chi connectivity index (χ3n) is 6.49. The summed E-state index contributed by atoms with van der Waals surface area (Å²) < 4.78 is 58.9.